The van der Waals surface area contributed by atoms with E-state index in [9.17, 15) is 19.7 Å². The third kappa shape index (κ3) is 2.63. The summed E-state index contributed by atoms with van der Waals surface area (Å²) in [6.45, 7) is 1.83. The minimum atomic E-state index is -0.461. The maximum atomic E-state index is 12.6. The van der Waals surface area contributed by atoms with Gasteiger partial charge >= 0.3 is 0 Å². The van der Waals surface area contributed by atoms with Crippen LogP contribution in [0.15, 0.2) is 52.0 Å². The van der Waals surface area contributed by atoms with Crippen molar-refractivity contribution in [3.05, 3.63) is 63.9 Å². The van der Waals surface area contributed by atoms with E-state index in [1.54, 1.807) is 18.2 Å². The Balaban J connectivity index is 1.38. The van der Waals surface area contributed by atoms with E-state index < -0.39 is 4.92 Å². The van der Waals surface area contributed by atoms with E-state index in [1.807, 2.05) is 19.1 Å². The molecule has 2 bridgehead atoms. The Kier molecular flexibility index (Phi) is 3.77. The molecule has 5 rings (SSSR count). The van der Waals surface area contributed by atoms with Crippen LogP contribution in [0.3, 0.4) is 0 Å². The first-order chi connectivity index (χ1) is 13.9. The Morgan fingerprint density at radius 1 is 1.14 bits per heavy atom. The summed E-state index contributed by atoms with van der Waals surface area (Å²) < 4.78 is 5.73. The molecular formula is C21H17N3O5. The minimum Gasteiger partial charge on any atom is -0.455 e. The second kappa shape index (κ2) is 6.23. The van der Waals surface area contributed by atoms with Crippen molar-refractivity contribution < 1.29 is 18.9 Å². The lowest BCUT2D eigenvalue weighted by atomic mass is 9.85. The van der Waals surface area contributed by atoms with Gasteiger partial charge in [-0.1, -0.05) is 18.2 Å². The van der Waals surface area contributed by atoms with Crippen molar-refractivity contribution in [2.75, 3.05) is 0 Å². The standard InChI is InChI=1S/C21H17N3O5/c1-11-2-5-14(24(27)28)9-16(11)17-7-6-15(29-17)10-22-23-20(25)18-12-3-4-13(8-12)19(18)21(23)26/h2-7,9-10,12-13,18-19H,8H2,1H3/b22-10-/t12-,13-,18-,19+/m1/s1. The zero-order valence-electron chi connectivity index (χ0n) is 15.5. The summed E-state index contributed by atoms with van der Waals surface area (Å²) in [5.74, 6) is -0.0367. The van der Waals surface area contributed by atoms with Crippen LogP contribution in [-0.2, 0) is 9.59 Å². The van der Waals surface area contributed by atoms with Crippen LogP contribution in [0.25, 0.3) is 11.3 Å². The fourth-order valence-electron chi connectivity index (χ4n) is 4.67. The van der Waals surface area contributed by atoms with Crippen LogP contribution in [0.4, 0.5) is 5.69 Å². The number of furan rings is 1. The molecule has 1 saturated carbocycles. The zero-order valence-corrected chi connectivity index (χ0v) is 15.5. The van der Waals surface area contributed by atoms with Crippen LogP contribution in [0.5, 0.6) is 0 Å². The lowest BCUT2D eigenvalue weighted by molar-refractivity contribution is -0.384. The first kappa shape index (κ1) is 17.5. The van der Waals surface area contributed by atoms with Gasteiger partial charge in [0, 0.05) is 17.7 Å². The molecule has 0 spiro atoms. The van der Waals surface area contributed by atoms with E-state index in [1.165, 1.54) is 18.3 Å². The smallest absolute Gasteiger partial charge is 0.270 e. The number of aryl methyl sites for hydroxylation is 1. The molecule has 2 aromatic rings. The van der Waals surface area contributed by atoms with Gasteiger partial charge in [0.05, 0.1) is 23.0 Å². The number of hydrogen-bond donors (Lipinski definition) is 0. The number of nitro benzene ring substituents is 1. The fourth-order valence-corrected chi connectivity index (χ4v) is 4.67. The third-order valence-electron chi connectivity index (χ3n) is 6.07. The number of fused-ring (bicyclic) bond motifs is 5. The van der Waals surface area contributed by atoms with Crippen molar-refractivity contribution in [1.29, 1.82) is 0 Å². The molecule has 2 amide bonds. The van der Waals surface area contributed by atoms with Crippen molar-refractivity contribution in [3.63, 3.8) is 0 Å². The summed E-state index contributed by atoms with van der Waals surface area (Å²) in [5, 5.41) is 16.1. The first-order valence-corrected chi connectivity index (χ1v) is 9.39. The number of nitrogens with zero attached hydrogens (tertiary/aromatic N) is 3. The molecule has 0 radical (unpaired) electrons. The average Bonchev–Trinajstić information content (AvgIpc) is 3.46. The van der Waals surface area contributed by atoms with Gasteiger partial charge in [0.1, 0.15) is 11.5 Å². The number of amides is 2. The molecule has 2 aliphatic carbocycles. The Morgan fingerprint density at radius 3 is 2.48 bits per heavy atom. The second-order valence-corrected chi connectivity index (χ2v) is 7.69. The number of hydrogen-bond acceptors (Lipinski definition) is 6. The van der Waals surface area contributed by atoms with Crippen molar-refractivity contribution in [2.24, 2.45) is 28.8 Å². The summed E-state index contributed by atoms with van der Waals surface area (Å²) in [6, 6.07) is 7.88. The normalized spacial score (nSPS) is 27.4. The van der Waals surface area contributed by atoms with Crippen LogP contribution >= 0.6 is 0 Å². The van der Waals surface area contributed by atoms with Gasteiger partial charge in [-0.25, -0.2) is 0 Å². The van der Waals surface area contributed by atoms with Gasteiger partial charge in [-0.05, 0) is 42.9 Å². The highest BCUT2D eigenvalue weighted by atomic mass is 16.6. The van der Waals surface area contributed by atoms with Crippen LogP contribution in [-0.4, -0.2) is 28.0 Å². The van der Waals surface area contributed by atoms with E-state index in [0.29, 0.717) is 17.1 Å². The molecular weight excluding hydrogens is 374 g/mol. The quantitative estimate of drug-likeness (QED) is 0.261. The first-order valence-electron chi connectivity index (χ1n) is 9.39. The molecule has 4 atom stereocenters. The number of carbonyl (C=O) groups is 2. The van der Waals surface area contributed by atoms with Crippen LogP contribution in [0.1, 0.15) is 17.7 Å². The Hall–Kier alpha value is -3.55. The number of non-ortho nitro benzene ring substituents is 1. The van der Waals surface area contributed by atoms with Crippen LogP contribution < -0.4 is 0 Å². The maximum absolute atomic E-state index is 12.6. The molecule has 2 fully saturated rings. The van der Waals surface area contributed by atoms with Crippen molar-refractivity contribution in [3.8, 4) is 11.3 Å². The molecule has 8 nitrogen and oxygen atoms in total. The molecule has 146 valence electrons. The molecule has 0 N–H and O–H groups in total. The highest BCUT2D eigenvalue weighted by Gasteiger charge is 2.59. The lowest BCUT2D eigenvalue weighted by Crippen LogP contribution is -2.28. The van der Waals surface area contributed by atoms with Gasteiger partial charge in [-0.15, -0.1) is 0 Å². The Morgan fingerprint density at radius 2 is 1.83 bits per heavy atom. The molecule has 2 heterocycles. The van der Waals surface area contributed by atoms with E-state index in [-0.39, 0.29) is 41.2 Å². The Labute approximate surface area is 165 Å². The average molecular weight is 391 g/mol. The van der Waals surface area contributed by atoms with Gasteiger partial charge in [0.2, 0.25) is 0 Å². The molecule has 1 saturated heterocycles. The van der Waals surface area contributed by atoms with Gasteiger partial charge in [0.25, 0.3) is 17.5 Å². The summed E-state index contributed by atoms with van der Waals surface area (Å²) in [6.07, 6.45) is 6.27. The van der Waals surface area contributed by atoms with Gasteiger partial charge in [-0.3, -0.25) is 19.7 Å². The van der Waals surface area contributed by atoms with E-state index in [0.717, 1.165) is 17.0 Å². The third-order valence-corrected chi connectivity index (χ3v) is 6.07. The maximum Gasteiger partial charge on any atom is 0.270 e. The fraction of sp³-hybridized carbons (Fsp3) is 0.286. The Bertz CT molecular complexity index is 1090. The summed E-state index contributed by atoms with van der Waals surface area (Å²) in [7, 11) is 0. The summed E-state index contributed by atoms with van der Waals surface area (Å²) in [4.78, 5) is 35.9. The molecule has 29 heavy (non-hydrogen) atoms. The number of carbonyl (C=O) groups excluding carboxylic acids is 2. The van der Waals surface area contributed by atoms with Gasteiger partial charge in [0.15, 0.2) is 0 Å². The number of rotatable bonds is 4. The summed E-state index contributed by atoms with van der Waals surface area (Å²) in [5.41, 5.74) is 1.40. The minimum absolute atomic E-state index is 0.0275. The molecule has 1 aromatic heterocycles. The SMILES string of the molecule is Cc1ccc([N+](=O)[O-])cc1-c1ccc(/C=N\N2C(=O)[C@@H]3[C@H](C2=O)[C@@H]2C=C[C@@H]3C2)o1. The van der Waals surface area contributed by atoms with Crippen LogP contribution in [0.2, 0.25) is 0 Å². The number of benzene rings is 1. The highest BCUT2D eigenvalue weighted by molar-refractivity contribution is 6.06. The lowest BCUT2D eigenvalue weighted by Gasteiger charge is -2.13. The number of imide groups is 1. The molecule has 1 aliphatic heterocycles. The molecule has 1 aromatic carbocycles. The van der Waals surface area contributed by atoms with Crippen LogP contribution in [0, 0.1) is 40.7 Å². The van der Waals surface area contributed by atoms with Gasteiger partial charge < -0.3 is 4.42 Å². The number of nitro groups is 1. The molecule has 3 aliphatic rings. The van der Waals surface area contributed by atoms with E-state index in [4.69, 9.17) is 4.42 Å². The number of allylic oxidation sites excluding steroid dienone is 2. The topological polar surface area (TPSA) is 106 Å². The van der Waals surface area contributed by atoms with Gasteiger partial charge in [-0.2, -0.15) is 10.1 Å². The largest absolute Gasteiger partial charge is 0.455 e. The number of hydrazone groups is 1. The summed E-state index contributed by atoms with van der Waals surface area (Å²) >= 11 is 0. The van der Waals surface area contributed by atoms with Crippen molar-refractivity contribution in [2.45, 2.75) is 13.3 Å². The highest BCUT2D eigenvalue weighted by Crippen LogP contribution is 2.52. The van der Waals surface area contributed by atoms with E-state index in [2.05, 4.69) is 5.10 Å². The molecule has 0 unspecified atom stereocenters. The predicted octanol–water partition coefficient (Wildman–Crippen LogP) is 3.30. The monoisotopic (exact) mass is 391 g/mol. The predicted molar refractivity (Wildman–Crippen MR) is 103 cm³/mol. The van der Waals surface area contributed by atoms with Crippen molar-refractivity contribution in [1.82, 2.24) is 5.01 Å². The van der Waals surface area contributed by atoms with Crippen molar-refractivity contribution >= 4 is 23.7 Å². The zero-order chi connectivity index (χ0) is 20.3. The second-order valence-electron chi connectivity index (χ2n) is 7.69. The molecule has 8 heteroatoms. The van der Waals surface area contributed by atoms with E-state index >= 15 is 0 Å².